The van der Waals surface area contributed by atoms with E-state index in [4.69, 9.17) is 0 Å². The summed E-state index contributed by atoms with van der Waals surface area (Å²) in [6, 6.07) is 11.5. The van der Waals surface area contributed by atoms with Gasteiger partial charge in [0.25, 0.3) is 0 Å². The summed E-state index contributed by atoms with van der Waals surface area (Å²) in [5.41, 5.74) is 0.764. The monoisotopic (exact) mass is 355 g/mol. The molecule has 1 saturated heterocycles. The molecule has 0 radical (unpaired) electrons. The van der Waals surface area contributed by atoms with Crippen molar-refractivity contribution in [2.75, 3.05) is 13.1 Å². The topological polar surface area (TPSA) is 3.24 Å². The average molecular weight is 356 g/mol. The molecule has 25 heavy (non-hydrogen) atoms. The summed E-state index contributed by atoms with van der Waals surface area (Å²) in [7, 11) is 0. The second kappa shape index (κ2) is 6.70. The minimum absolute atomic E-state index is 0.311. The van der Waals surface area contributed by atoms with E-state index in [9.17, 15) is 0 Å². The molecule has 0 atom stereocenters. The van der Waals surface area contributed by atoms with Gasteiger partial charge in [0.05, 0.1) is 5.54 Å². The van der Waals surface area contributed by atoms with Crippen LogP contribution in [0.15, 0.2) is 30.3 Å². The molecule has 0 amide bonds. The number of likely N-dealkylation sites (tertiary alicyclic amines) is 1. The standard InChI is InChI=1S/C23H33NS/c1-22(2,3)19-11-13-23(14-12-19,24-15-7-4-8-16-24)21-17-18-9-5-6-10-20(18)25-21/h5-6,9-10,17,19H,4,7-8,11-16H2,1-3H3. The quantitative estimate of drug-likeness (QED) is 0.571. The molecule has 4 rings (SSSR count). The summed E-state index contributed by atoms with van der Waals surface area (Å²) in [6.45, 7) is 9.91. The number of fused-ring (bicyclic) bond motifs is 1. The number of thiophene rings is 1. The zero-order valence-corrected chi connectivity index (χ0v) is 17.0. The van der Waals surface area contributed by atoms with Gasteiger partial charge in [-0.25, -0.2) is 0 Å². The third-order valence-electron chi connectivity index (χ3n) is 6.88. The van der Waals surface area contributed by atoms with Crippen LogP contribution in [0.25, 0.3) is 10.1 Å². The number of hydrogen-bond acceptors (Lipinski definition) is 2. The van der Waals surface area contributed by atoms with Crippen molar-refractivity contribution in [3.8, 4) is 0 Å². The van der Waals surface area contributed by atoms with Crippen LogP contribution in [-0.2, 0) is 5.54 Å². The summed E-state index contributed by atoms with van der Waals surface area (Å²) in [5.74, 6) is 0.875. The highest BCUT2D eigenvalue weighted by molar-refractivity contribution is 7.19. The zero-order valence-electron chi connectivity index (χ0n) is 16.2. The van der Waals surface area contributed by atoms with Crippen LogP contribution in [0.1, 0.15) is 70.6 Å². The highest BCUT2D eigenvalue weighted by atomic mass is 32.1. The minimum Gasteiger partial charge on any atom is -0.293 e. The van der Waals surface area contributed by atoms with Crippen LogP contribution < -0.4 is 0 Å². The summed E-state index contributed by atoms with van der Waals surface area (Å²) in [4.78, 5) is 4.52. The number of nitrogens with zero attached hydrogens (tertiary/aromatic N) is 1. The Kier molecular flexibility index (Phi) is 4.70. The van der Waals surface area contributed by atoms with Gasteiger partial charge in [0, 0.05) is 9.58 Å². The first-order valence-electron chi connectivity index (χ1n) is 10.2. The van der Waals surface area contributed by atoms with E-state index in [0.717, 1.165) is 5.92 Å². The van der Waals surface area contributed by atoms with E-state index in [0.29, 0.717) is 11.0 Å². The number of benzene rings is 1. The molecule has 1 aromatic heterocycles. The molecule has 2 aromatic rings. The van der Waals surface area contributed by atoms with Crippen molar-refractivity contribution in [2.24, 2.45) is 11.3 Å². The lowest BCUT2D eigenvalue weighted by Gasteiger charge is -2.51. The highest BCUT2D eigenvalue weighted by Gasteiger charge is 2.44. The fourth-order valence-corrected chi connectivity index (χ4v) is 6.55. The molecule has 1 aromatic carbocycles. The van der Waals surface area contributed by atoms with Crippen molar-refractivity contribution in [2.45, 2.75) is 71.3 Å². The fraction of sp³-hybridized carbons (Fsp3) is 0.652. The minimum atomic E-state index is 0.311. The van der Waals surface area contributed by atoms with Crippen LogP contribution in [0, 0.1) is 11.3 Å². The molecule has 2 heteroatoms. The van der Waals surface area contributed by atoms with Gasteiger partial charge in [0.1, 0.15) is 0 Å². The van der Waals surface area contributed by atoms with E-state index >= 15 is 0 Å². The van der Waals surface area contributed by atoms with Gasteiger partial charge >= 0.3 is 0 Å². The van der Waals surface area contributed by atoms with Crippen molar-refractivity contribution in [3.05, 3.63) is 35.2 Å². The van der Waals surface area contributed by atoms with Crippen LogP contribution in [-0.4, -0.2) is 18.0 Å². The molecule has 2 heterocycles. The van der Waals surface area contributed by atoms with Gasteiger partial charge in [0.15, 0.2) is 0 Å². The first kappa shape index (κ1) is 17.5. The predicted molar refractivity (Wildman–Crippen MR) is 110 cm³/mol. The van der Waals surface area contributed by atoms with Crippen molar-refractivity contribution >= 4 is 21.4 Å². The van der Waals surface area contributed by atoms with Crippen molar-refractivity contribution in [1.82, 2.24) is 4.90 Å². The average Bonchev–Trinajstić information content (AvgIpc) is 3.06. The van der Waals surface area contributed by atoms with Crippen LogP contribution in [0.3, 0.4) is 0 Å². The van der Waals surface area contributed by atoms with E-state index in [1.54, 1.807) is 4.88 Å². The second-order valence-electron chi connectivity index (χ2n) is 9.37. The Labute approximate surface area is 157 Å². The van der Waals surface area contributed by atoms with E-state index in [-0.39, 0.29) is 0 Å². The normalized spacial score (nSPS) is 29.2. The maximum Gasteiger partial charge on any atom is 0.0554 e. The molecule has 0 spiro atoms. The summed E-state index contributed by atoms with van der Waals surface area (Å²) in [6.07, 6.45) is 9.65. The molecule has 2 fully saturated rings. The van der Waals surface area contributed by atoms with Crippen LogP contribution in [0.2, 0.25) is 0 Å². The first-order valence-corrected chi connectivity index (χ1v) is 11.0. The van der Waals surface area contributed by atoms with Gasteiger partial charge in [-0.05, 0) is 80.5 Å². The molecule has 136 valence electrons. The Bertz CT molecular complexity index is 676. The summed E-state index contributed by atoms with van der Waals surface area (Å²) < 4.78 is 1.46. The zero-order chi connectivity index (χ0) is 17.5. The molecule has 1 saturated carbocycles. The molecule has 0 unspecified atom stereocenters. The van der Waals surface area contributed by atoms with Gasteiger partial charge in [0.2, 0.25) is 0 Å². The van der Waals surface area contributed by atoms with Gasteiger partial charge in [-0.3, -0.25) is 4.90 Å². The third kappa shape index (κ3) is 3.28. The summed E-state index contributed by atoms with van der Waals surface area (Å²) in [5, 5.41) is 1.44. The van der Waals surface area contributed by atoms with Crippen molar-refractivity contribution in [1.29, 1.82) is 0 Å². The van der Waals surface area contributed by atoms with E-state index in [1.165, 1.54) is 68.1 Å². The largest absolute Gasteiger partial charge is 0.293 e. The van der Waals surface area contributed by atoms with Crippen molar-refractivity contribution < 1.29 is 0 Å². The molecular formula is C23H33NS. The second-order valence-corrected chi connectivity index (χ2v) is 10.5. The predicted octanol–water partition coefficient (Wildman–Crippen LogP) is 6.82. The lowest BCUT2D eigenvalue weighted by atomic mass is 9.66. The molecule has 2 aliphatic rings. The Balaban J connectivity index is 1.69. The van der Waals surface area contributed by atoms with E-state index in [1.807, 2.05) is 0 Å². The van der Waals surface area contributed by atoms with E-state index < -0.39 is 0 Å². The lowest BCUT2D eigenvalue weighted by Crippen LogP contribution is -2.51. The maximum absolute atomic E-state index is 2.88. The van der Waals surface area contributed by atoms with Gasteiger partial charge in [-0.1, -0.05) is 45.4 Å². The molecule has 0 bridgehead atoms. The van der Waals surface area contributed by atoms with Gasteiger partial charge in [-0.2, -0.15) is 0 Å². The first-order chi connectivity index (χ1) is 12.0. The molecule has 0 N–H and O–H groups in total. The Morgan fingerprint density at radius 1 is 1.00 bits per heavy atom. The Morgan fingerprint density at radius 3 is 2.32 bits per heavy atom. The Hall–Kier alpha value is -0.860. The third-order valence-corrected chi connectivity index (χ3v) is 8.19. The smallest absolute Gasteiger partial charge is 0.0554 e. The lowest BCUT2D eigenvalue weighted by molar-refractivity contribution is 0.00269. The van der Waals surface area contributed by atoms with Crippen LogP contribution >= 0.6 is 11.3 Å². The number of piperidine rings is 1. The molecule has 1 aliphatic carbocycles. The molecular weight excluding hydrogens is 322 g/mol. The summed E-state index contributed by atoms with van der Waals surface area (Å²) >= 11 is 2.06. The fourth-order valence-electron chi connectivity index (χ4n) is 5.21. The van der Waals surface area contributed by atoms with Crippen molar-refractivity contribution in [3.63, 3.8) is 0 Å². The highest BCUT2D eigenvalue weighted by Crippen LogP contribution is 2.51. The molecule has 1 nitrogen and oxygen atoms in total. The van der Waals surface area contributed by atoms with E-state index in [2.05, 4.69) is 67.3 Å². The maximum atomic E-state index is 2.88. The van der Waals surface area contributed by atoms with Gasteiger partial charge < -0.3 is 0 Å². The number of hydrogen-bond donors (Lipinski definition) is 0. The molecule has 1 aliphatic heterocycles. The van der Waals surface area contributed by atoms with Crippen LogP contribution in [0.4, 0.5) is 0 Å². The Morgan fingerprint density at radius 2 is 1.68 bits per heavy atom. The van der Waals surface area contributed by atoms with Gasteiger partial charge in [-0.15, -0.1) is 11.3 Å². The SMILES string of the molecule is CC(C)(C)C1CCC(c2cc3ccccc3s2)(N2CCCCC2)CC1. The number of rotatable bonds is 2. The van der Waals surface area contributed by atoms with Crippen LogP contribution in [0.5, 0.6) is 0 Å².